The molecular formula is C20H21BrN4O3S. The lowest BCUT2D eigenvalue weighted by Gasteiger charge is -2.11. The molecule has 0 aliphatic rings. The zero-order valence-electron chi connectivity index (χ0n) is 16.2. The van der Waals surface area contributed by atoms with E-state index in [9.17, 15) is 13.2 Å². The van der Waals surface area contributed by atoms with Gasteiger partial charge in [-0.3, -0.25) is 4.79 Å². The molecule has 0 saturated carbocycles. The molecule has 0 aliphatic heterocycles. The number of carbonyl (C=O) groups excluding carboxylic acids is 1. The largest absolute Gasteiger partial charge is 0.306 e. The number of aromatic nitrogens is 2. The molecule has 0 aliphatic carbocycles. The number of carbonyl (C=O) groups is 1. The van der Waals surface area contributed by atoms with E-state index in [2.05, 4.69) is 31.1 Å². The summed E-state index contributed by atoms with van der Waals surface area (Å²) in [6, 6.07) is 14.9. The molecule has 0 atom stereocenters. The van der Waals surface area contributed by atoms with Crippen molar-refractivity contribution >= 4 is 37.7 Å². The number of benzene rings is 2. The van der Waals surface area contributed by atoms with Gasteiger partial charge in [0.2, 0.25) is 10.0 Å². The Morgan fingerprint density at radius 1 is 1.10 bits per heavy atom. The number of nitrogens with zero attached hydrogens (tertiary/aromatic N) is 2. The Kier molecular flexibility index (Phi) is 6.21. The molecule has 0 fully saturated rings. The van der Waals surface area contributed by atoms with Gasteiger partial charge in [0.15, 0.2) is 0 Å². The first-order valence-corrected chi connectivity index (χ1v) is 11.2. The smallest absolute Gasteiger partial charge is 0.256 e. The number of halogens is 1. The van der Waals surface area contributed by atoms with Crippen LogP contribution in [-0.2, 0) is 10.0 Å². The lowest BCUT2D eigenvalue weighted by molar-refractivity contribution is 0.102. The van der Waals surface area contributed by atoms with Crippen LogP contribution in [0.2, 0.25) is 0 Å². The molecule has 7 nitrogen and oxygen atoms in total. The third-order valence-electron chi connectivity index (χ3n) is 3.94. The first-order valence-electron chi connectivity index (χ1n) is 8.92. The summed E-state index contributed by atoms with van der Waals surface area (Å²) in [6.45, 7) is 5.33. The summed E-state index contributed by atoms with van der Waals surface area (Å²) in [4.78, 5) is 12.8. The van der Waals surface area contributed by atoms with Crippen LogP contribution >= 0.6 is 15.9 Å². The van der Waals surface area contributed by atoms with Crippen LogP contribution in [0.5, 0.6) is 0 Å². The molecule has 1 aromatic heterocycles. The summed E-state index contributed by atoms with van der Waals surface area (Å²) in [7, 11) is -3.60. The molecule has 0 saturated heterocycles. The number of sulfonamides is 1. The molecule has 29 heavy (non-hydrogen) atoms. The second-order valence-corrected chi connectivity index (χ2v) is 9.45. The lowest BCUT2D eigenvalue weighted by Crippen LogP contribution is -2.30. The predicted octanol–water partition coefficient (Wildman–Crippen LogP) is 3.88. The van der Waals surface area contributed by atoms with Gasteiger partial charge in [-0.1, -0.05) is 22.0 Å². The fourth-order valence-electron chi connectivity index (χ4n) is 2.75. The molecule has 2 N–H and O–H groups in total. The van der Waals surface area contributed by atoms with Crippen molar-refractivity contribution in [2.24, 2.45) is 0 Å². The van der Waals surface area contributed by atoms with Crippen molar-refractivity contribution in [2.75, 3.05) is 5.32 Å². The fourth-order valence-corrected chi connectivity index (χ4v) is 4.38. The van der Waals surface area contributed by atoms with Crippen LogP contribution in [0.25, 0.3) is 5.69 Å². The van der Waals surface area contributed by atoms with Crippen LogP contribution in [0.4, 0.5) is 5.82 Å². The summed E-state index contributed by atoms with van der Waals surface area (Å²) < 4.78 is 29.5. The summed E-state index contributed by atoms with van der Waals surface area (Å²) in [5.74, 6) is 0.158. The van der Waals surface area contributed by atoms with Gasteiger partial charge < -0.3 is 5.32 Å². The third-order valence-corrected chi connectivity index (χ3v) is 6.11. The van der Waals surface area contributed by atoms with E-state index >= 15 is 0 Å². The molecule has 3 aromatic rings. The van der Waals surface area contributed by atoms with Crippen LogP contribution in [0.1, 0.15) is 29.9 Å². The summed E-state index contributed by atoms with van der Waals surface area (Å²) in [6.07, 6.45) is 0. The van der Waals surface area contributed by atoms with E-state index in [1.165, 1.54) is 24.3 Å². The molecule has 9 heteroatoms. The van der Waals surface area contributed by atoms with E-state index in [-0.39, 0.29) is 16.8 Å². The topological polar surface area (TPSA) is 93.1 Å². The minimum Gasteiger partial charge on any atom is -0.306 e. The molecule has 0 spiro atoms. The minimum atomic E-state index is -3.60. The molecule has 3 rings (SSSR count). The summed E-state index contributed by atoms with van der Waals surface area (Å²) >= 11 is 3.43. The van der Waals surface area contributed by atoms with E-state index in [4.69, 9.17) is 0 Å². The number of anilines is 1. The van der Waals surface area contributed by atoms with E-state index < -0.39 is 10.0 Å². The quantitative estimate of drug-likeness (QED) is 0.564. The highest BCUT2D eigenvalue weighted by molar-refractivity contribution is 9.10. The standard InChI is InChI=1S/C20H21BrN4O3S/c1-13(2)24-29(27,28)18-9-7-15(8-10-18)20(26)22-19-11-14(3)23-25(19)17-6-4-5-16(21)12-17/h4-13,24H,1-3H3,(H,22,26). The highest BCUT2D eigenvalue weighted by Crippen LogP contribution is 2.21. The van der Waals surface area contributed by atoms with Crippen LogP contribution in [0, 0.1) is 6.92 Å². The first-order chi connectivity index (χ1) is 13.7. The SMILES string of the molecule is Cc1cc(NC(=O)c2ccc(S(=O)(=O)NC(C)C)cc2)n(-c2cccc(Br)c2)n1. The monoisotopic (exact) mass is 476 g/mol. The summed E-state index contributed by atoms with van der Waals surface area (Å²) in [5, 5.41) is 7.27. The Labute approximate surface area is 178 Å². The second-order valence-electron chi connectivity index (χ2n) is 6.82. The van der Waals surface area contributed by atoms with Gasteiger partial charge in [0.05, 0.1) is 16.3 Å². The molecule has 2 aromatic carbocycles. The van der Waals surface area contributed by atoms with Gasteiger partial charge in [-0.2, -0.15) is 5.10 Å². The van der Waals surface area contributed by atoms with E-state index in [1.54, 1.807) is 24.6 Å². The molecule has 1 heterocycles. The van der Waals surface area contributed by atoms with Gasteiger partial charge in [0.25, 0.3) is 5.91 Å². The number of hydrogen-bond acceptors (Lipinski definition) is 4. The Morgan fingerprint density at radius 3 is 2.41 bits per heavy atom. The molecular weight excluding hydrogens is 456 g/mol. The van der Waals surface area contributed by atoms with Gasteiger partial charge in [-0.05, 0) is 63.2 Å². The molecule has 152 valence electrons. The molecule has 0 radical (unpaired) electrons. The molecule has 0 bridgehead atoms. The zero-order chi connectivity index (χ0) is 21.2. The van der Waals surface area contributed by atoms with Crippen molar-refractivity contribution in [3.05, 3.63) is 70.3 Å². The zero-order valence-corrected chi connectivity index (χ0v) is 18.6. The minimum absolute atomic E-state index is 0.109. The Bertz CT molecular complexity index is 1140. The van der Waals surface area contributed by atoms with Crippen molar-refractivity contribution < 1.29 is 13.2 Å². The summed E-state index contributed by atoms with van der Waals surface area (Å²) in [5.41, 5.74) is 1.89. The van der Waals surface area contributed by atoms with Crippen molar-refractivity contribution in [1.29, 1.82) is 0 Å². The van der Waals surface area contributed by atoms with Gasteiger partial charge in [0.1, 0.15) is 5.82 Å². The van der Waals surface area contributed by atoms with Crippen LogP contribution in [-0.4, -0.2) is 30.1 Å². The predicted molar refractivity (Wildman–Crippen MR) is 116 cm³/mol. The van der Waals surface area contributed by atoms with E-state index in [0.29, 0.717) is 11.4 Å². The van der Waals surface area contributed by atoms with Gasteiger partial charge in [0, 0.05) is 22.1 Å². The Morgan fingerprint density at radius 2 is 1.79 bits per heavy atom. The van der Waals surface area contributed by atoms with Gasteiger partial charge in [-0.15, -0.1) is 0 Å². The average Bonchev–Trinajstić information content (AvgIpc) is 3.01. The first kappa shape index (κ1) is 21.2. The van der Waals surface area contributed by atoms with E-state index in [1.807, 2.05) is 31.2 Å². The van der Waals surface area contributed by atoms with Crippen LogP contribution in [0.15, 0.2) is 64.0 Å². The van der Waals surface area contributed by atoms with Crippen molar-refractivity contribution in [2.45, 2.75) is 31.7 Å². The maximum atomic E-state index is 12.7. The van der Waals surface area contributed by atoms with Crippen molar-refractivity contribution in [3.63, 3.8) is 0 Å². The fraction of sp³-hybridized carbons (Fsp3) is 0.200. The number of amides is 1. The third kappa shape index (κ3) is 5.11. The average molecular weight is 477 g/mol. The van der Waals surface area contributed by atoms with E-state index in [0.717, 1.165) is 15.9 Å². The van der Waals surface area contributed by atoms with Crippen LogP contribution < -0.4 is 10.0 Å². The number of hydrogen-bond donors (Lipinski definition) is 2. The molecule has 1 amide bonds. The maximum Gasteiger partial charge on any atom is 0.256 e. The normalized spacial score (nSPS) is 11.6. The number of rotatable bonds is 6. The molecule has 0 unspecified atom stereocenters. The van der Waals surface area contributed by atoms with Gasteiger partial charge >= 0.3 is 0 Å². The number of nitrogens with one attached hydrogen (secondary N) is 2. The Balaban J connectivity index is 1.83. The lowest BCUT2D eigenvalue weighted by atomic mass is 10.2. The van der Waals surface area contributed by atoms with Gasteiger partial charge in [-0.25, -0.2) is 17.8 Å². The maximum absolute atomic E-state index is 12.7. The second kappa shape index (κ2) is 8.48. The highest BCUT2D eigenvalue weighted by atomic mass is 79.9. The Hall–Kier alpha value is -2.49. The highest BCUT2D eigenvalue weighted by Gasteiger charge is 2.17. The van der Waals surface area contributed by atoms with Crippen molar-refractivity contribution in [3.8, 4) is 5.69 Å². The van der Waals surface area contributed by atoms with Crippen LogP contribution in [0.3, 0.4) is 0 Å². The van der Waals surface area contributed by atoms with Crippen molar-refractivity contribution in [1.82, 2.24) is 14.5 Å². The number of aryl methyl sites for hydroxylation is 1.